The number of methoxy groups -OCH3 is 1. The SMILES string of the molecule is COc1cccc(CN2CCCC(O)(CNCCO)C2=O)c1. The van der Waals surface area contributed by atoms with Crippen molar-refractivity contribution in [3.8, 4) is 5.75 Å². The third-order valence-electron chi connectivity index (χ3n) is 3.92. The molecule has 1 unspecified atom stereocenters. The fourth-order valence-electron chi connectivity index (χ4n) is 2.75. The molecule has 1 aliphatic heterocycles. The number of hydrogen-bond acceptors (Lipinski definition) is 5. The first-order chi connectivity index (χ1) is 10.6. The molecule has 0 spiro atoms. The summed E-state index contributed by atoms with van der Waals surface area (Å²) in [7, 11) is 1.61. The lowest BCUT2D eigenvalue weighted by atomic mass is 9.91. The number of nitrogens with zero attached hydrogens (tertiary/aromatic N) is 1. The molecule has 0 radical (unpaired) electrons. The Labute approximate surface area is 130 Å². The Bertz CT molecular complexity index is 509. The van der Waals surface area contributed by atoms with Crippen molar-refractivity contribution in [3.63, 3.8) is 0 Å². The Hall–Kier alpha value is -1.63. The average molecular weight is 308 g/mol. The average Bonchev–Trinajstić information content (AvgIpc) is 2.52. The lowest BCUT2D eigenvalue weighted by Crippen LogP contribution is -2.57. The molecular formula is C16H24N2O4. The molecule has 1 heterocycles. The van der Waals surface area contributed by atoms with E-state index in [0.717, 1.165) is 17.7 Å². The number of piperidine rings is 1. The van der Waals surface area contributed by atoms with E-state index in [0.29, 0.717) is 26.1 Å². The highest BCUT2D eigenvalue weighted by molar-refractivity contribution is 5.86. The number of nitrogens with one attached hydrogen (secondary N) is 1. The predicted molar refractivity (Wildman–Crippen MR) is 82.6 cm³/mol. The van der Waals surface area contributed by atoms with Gasteiger partial charge in [0.2, 0.25) is 0 Å². The second-order valence-electron chi connectivity index (χ2n) is 5.61. The number of aliphatic hydroxyl groups is 2. The summed E-state index contributed by atoms with van der Waals surface area (Å²) >= 11 is 0. The molecule has 1 aromatic carbocycles. The van der Waals surface area contributed by atoms with Gasteiger partial charge in [-0.1, -0.05) is 12.1 Å². The second kappa shape index (κ2) is 7.58. The third kappa shape index (κ3) is 3.97. The predicted octanol–water partition coefficient (Wildman–Crippen LogP) is 0.131. The highest BCUT2D eigenvalue weighted by atomic mass is 16.5. The van der Waals surface area contributed by atoms with Crippen molar-refractivity contribution in [1.29, 1.82) is 0 Å². The van der Waals surface area contributed by atoms with Crippen LogP contribution in [0.5, 0.6) is 5.75 Å². The topological polar surface area (TPSA) is 82.0 Å². The summed E-state index contributed by atoms with van der Waals surface area (Å²) in [5.74, 6) is 0.494. The maximum atomic E-state index is 12.5. The molecule has 0 aromatic heterocycles. The van der Waals surface area contributed by atoms with Gasteiger partial charge < -0.3 is 25.2 Å². The van der Waals surface area contributed by atoms with Crippen LogP contribution in [0.3, 0.4) is 0 Å². The first kappa shape index (κ1) is 16.7. The number of rotatable bonds is 7. The van der Waals surface area contributed by atoms with Crippen LogP contribution >= 0.6 is 0 Å². The van der Waals surface area contributed by atoms with Gasteiger partial charge >= 0.3 is 0 Å². The maximum absolute atomic E-state index is 12.5. The number of benzene rings is 1. The van der Waals surface area contributed by atoms with Crippen molar-refractivity contribution in [1.82, 2.24) is 10.2 Å². The van der Waals surface area contributed by atoms with Gasteiger partial charge in [0.05, 0.1) is 13.7 Å². The Morgan fingerprint density at radius 1 is 1.45 bits per heavy atom. The quantitative estimate of drug-likeness (QED) is 0.624. The molecule has 6 nitrogen and oxygen atoms in total. The van der Waals surface area contributed by atoms with Crippen molar-refractivity contribution < 1.29 is 19.7 Å². The first-order valence-corrected chi connectivity index (χ1v) is 7.55. The van der Waals surface area contributed by atoms with E-state index in [4.69, 9.17) is 9.84 Å². The minimum Gasteiger partial charge on any atom is -0.497 e. The van der Waals surface area contributed by atoms with Crippen LogP contribution in [0, 0.1) is 0 Å². The van der Waals surface area contributed by atoms with Gasteiger partial charge in [-0.2, -0.15) is 0 Å². The Kier molecular flexibility index (Phi) is 5.76. The summed E-state index contributed by atoms with van der Waals surface area (Å²) in [5.41, 5.74) is -0.410. The Morgan fingerprint density at radius 3 is 3.00 bits per heavy atom. The molecule has 1 aromatic rings. The van der Waals surface area contributed by atoms with Gasteiger partial charge in [-0.3, -0.25) is 4.79 Å². The van der Waals surface area contributed by atoms with Crippen LogP contribution in [0.15, 0.2) is 24.3 Å². The van der Waals surface area contributed by atoms with E-state index >= 15 is 0 Å². The molecule has 1 saturated heterocycles. The van der Waals surface area contributed by atoms with E-state index in [1.165, 1.54) is 0 Å². The molecular weight excluding hydrogens is 284 g/mol. The van der Waals surface area contributed by atoms with Gasteiger partial charge in [-0.05, 0) is 30.5 Å². The van der Waals surface area contributed by atoms with Gasteiger partial charge in [0.15, 0.2) is 5.60 Å². The second-order valence-corrected chi connectivity index (χ2v) is 5.61. The van der Waals surface area contributed by atoms with Crippen LogP contribution in [0.2, 0.25) is 0 Å². The lowest BCUT2D eigenvalue weighted by molar-refractivity contribution is -0.157. The summed E-state index contributed by atoms with van der Waals surface area (Å²) in [6.07, 6.45) is 1.20. The van der Waals surface area contributed by atoms with E-state index in [-0.39, 0.29) is 19.1 Å². The van der Waals surface area contributed by atoms with Crippen LogP contribution in [0.1, 0.15) is 18.4 Å². The Morgan fingerprint density at radius 2 is 2.27 bits per heavy atom. The van der Waals surface area contributed by atoms with Crippen molar-refractivity contribution in [2.75, 3.05) is 33.4 Å². The molecule has 3 N–H and O–H groups in total. The molecule has 1 fully saturated rings. The van der Waals surface area contributed by atoms with E-state index in [1.807, 2.05) is 24.3 Å². The highest BCUT2D eigenvalue weighted by Gasteiger charge is 2.41. The monoisotopic (exact) mass is 308 g/mol. The zero-order valence-electron chi connectivity index (χ0n) is 12.9. The van der Waals surface area contributed by atoms with Gasteiger partial charge in [0.1, 0.15) is 5.75 Å². The van der Waals surface area contributed by atoms with Crippen LogP contribution in [-0.4, -0.2) is 60.0 Å². The fraction of sp³-hybridized carbons (Fsp3) is 0.562. The number of likely N-dealkylation sites (tertiary alicyclic amines) is 1. The van der Waals surface area contributed by atoms with Crippen LogP contribution in [0.25, 0.3) is 0 Å². The molecule has 6 heteroatoms. The molecule has 1 atom stereocenters. The fourth-order valence-corrected chi connectivity index (χ4v) is 2.75. The van der Waals surface area contributed by atoms with E-state index < -0.39 is 5.60 Å². The van der Waals surface area contributed by atoms with E-state index in [2.05, 4.69) is 5.32 Å². The van der Waals surface area contributed by atoms with Crippen molar-refractivity contribution in [2.24, 2.45) is 0 Å². The number of amides is 1. The molecule has 1 amide bonds. The number of hydrogen-bond donors (Lipinski definition) is 3. The zero-order valence-corrected chi connectivity index (χ0v) is 12.9. The summed E-state index contributed by atoms with van der Waals surface area (Å²) in [4.78, 5) is 14.2. The van der Waals surface area contributed by atoms with E-state index in [9.17, 15) is 9.90 Å². The number of carbonyl (C=O) groups is 1. The molecule has 0 aliphatic carbocycles. The molecule has 1 aliphatic rings. The van der Waals surface area contributed by atoms with Gasteiger partial charge in [-0.15, -0.1) is 0 Å². The van der Waals surface area contributed by atoms with Crippen molar-refractivity contribution in [2.45, 2.75) is 25.0 Å². The first-order valence-electron chi connectivity index (χ1n) is 7.55. The van der Waals surface area contributed by atoms with Crippen LogP contribution < -0.4 is 10.1 Å². The van der Waals surface area contributed by atoms with Gasteiger partial charge in [-0.25, -0.2) is 0 Å². The number of aliphatic hydroxyl groups excluding tert-OH is 1. The molecule has 0 bridgehead atoms. The summed E-state index contributed by atoms with van der Waals surface area (Å²) < 4.78 is 5.19. The summed E-state index contributed by atoms with van der Waals surface area (Å²) in [6.45, 7) is 1.61. The van der Waals surface area contributed by atoms with Gasteiger partial charge in [0.25, 0.3) is 5.91 Å². The van der Waals surface area contributed by atoms with E-state index in [1.54, 1.807) is 12.0 Å². The largest absolute Gasteiger partial charge is 0.497 e. The van der Waals surface area contributed by atoms with Crippen molar-refractivity contribution in [3.05, 3.63) is 29.8 Å². The Balaban J connectivity index is 2.02. The minimum absolute atomic E-state index is 0.0161. The van der Waals surface area contributed by atoms with Gasteiger partial charge in [0, 0.05) is 26.2 Å². The molecule has 22 heavy (non-hydrogen) atoms. The summed E-state index contributed by atoms with van der Waals surface area (Å²) in [6, 6.07) is 7.58. The lowest BCUT2D eigenvalue weighted by Gasteiger charge is -2.38. The molecule has 122 valence electrons. The highest BCUT2D eigenvalue weighted by Crippen LogP contribution is 2.24. The maximum Gasteiger partial charge on any atom is 0.256 e. The molecule has 2 rings (SSSR count). The number of carbonyl (C=O) groups excluding carboxylic acids is 1. The molecule has 0 saturated carbocycles. The normalized spacial score (nSPS) is 22.0. The van der Waals surface area contributed by atoms with Crippen LogP contribution in [-0.2, 0) is 11.3 Å². The van der Waals surface area contributed by atoms with Crippen LogP contribution in [0.4, 0.5) is 0 Å². The zero-order chi connectivity index (χ0) is 16.0. The third-order valence-corrected chi connectivity index (χ3v) is 3.92. The minimum atomic E-state index is -1.38. The summed E-state index contributed by atoms with van der Waals surface area (Å²) in [5, 5.41) is 22.3. The standard InChI is InChI=1S/C16H24N2O4/c1-22-14-5-2-4-13(10-14)11-18-8-3-6-16(21,15(18)20)12-17-7-9-19/h2,4-5,10,17,19,21H,3,6-9,11-12H2,1H3. The van der Waals surface area contributed by atoms with Crippen molar-refractivity contribution >= 4 is 5.91 Å². The smallest absolute Gasteiger partial charge is 0.256 e. The number of ether oxygens (including phenoxy) is 1.